The standard InChI is InChI=1S/C24H28Cl4N2O3S/c1-34(32,33)29-18-8-11-30(12-9-18)13-10-19(17-4-6-21(26)23(28)15-17)24(31)7-3-16-2-5-20(25)22(27)14-16/h2,4-6,14-15,18-19,29H,3,7-13H2,1H3. The van der Waals surface area contributed by atoms with Gasteiger partial charge in [-0.05, 0) is 80.7 Å². The fraction of sp³-hybridized carbons (Fsp3) is 0.458. The van der Waals surface area contributed by atoms with Crippen LogP contribution >= 0.6 is 46.4 Å². The first-order chi connectivity index (χ1) is 16.0. The summed E-state index contributed by atoms with van der Waals surface area (Å²) in [4.78, 5) is 15.6. The van der Waals surface area contributed by atoms with Crippen LogP contribution in [0.3, 0.4) is 0 Å². The number of rotatable bonds is 10. The molecule has 1 fully saturated rings. The molecule has 5 nitrogen and oxygen atoms in total. The van der Waals surface area contributed by atoms with Crippen LogP contribution in [-0.4, -0.2) is 51.0 Å². The Morgan fingerprint density at radius 3 is 2.21 bits per heavy atom. The van der Waals surface area contributed by atoms with Crippen LogP contribution in [0.5, 0.6) is 0 Å². The summed E-state index contributed by atoms with van der Waals surface area (Å²) in [6.45, 7) is 2.28. The molecule has 0 saturated carbocycles. The summed E-state index contributed by atoms with van der Waals surface area (Å²) in [5.74, 6) is -0.192. The number of nitrogens with one attached hydrogen (secondary N) is 1. The molecule has 1 saturated heterocycles. The Morgan fingerprint density at radius 1 is 1.00 bits per heavy atom. The lowest BCUT2D eigenvalue weighted by Crippen LogP contribution is -2.44. The molecular formula is C24H28Cl4N2O3S. The van der Waals surface area contributed by atoms with Crippen molar-refractivity contribution in [2.45, 2.75) is 44.1 Å². The number of hydrogen-bond donors (Lipinski definition) is 1. The van der Waals surface area contributed by atoms with Gasteiger partial charge in [-0.2, -0.15) is 0 Å². The lowest BCUT2D eigenvalue weighted by atomic mass is 9.88. The Kier molecular flexibility index (Phi) is 10.1. The molecule has 0 amide bonds. The molecule has 0 bridgehead atoms. The van der Waals surface area contributed by atoms with Gasteiger partial charge < -0.3 is 4.90 Å². The molecule has 1 N–H and O–H groups in total. The van der Waals surface area contributed by atoms with E-state index in [9.17, 15) is 13.2 Å². The first-order valence-electron chi connectivity index (χ1n) is 11.1. The highest BCUT2D eigenvalue weighted by molar-refractivity contribution is 7.88. The number of benzene rings is 2. The predicted molar refractivity (Wildman–Crippen MR) is 141 cm³/mol. The van der Waals surface area contributed by atoms with Crippen LogP contribution in [0.25, 0.3) is 0 Å². The largest absolute Gasteiger partial charge is 0.303 e. The highest BCUT2D eigenvalue weighted by atomic mass is 35.5. The van der Waals surface area contributed by atoms with E-state index in [0.29, 0.717) is 39.4 Å². The number of hydrogen-bond acceptors (Lipinski definition) is 4. The van der Waals surface area contributed by atoms with E-state index in [1.54, 1.807) is 24.3 Å². The van der Waals surface area contributed by atoms with E-state index in [1.165, 1.54) is 6.26 Å². The van der Waals surface area contributed by atoms with E-state index < -0.39 is 10.0 Å². The Bertz CT molecular complexity index is 1120. The smallest absolute Gasteiger partial charge is 0.208 e. The fourth-order valence-corrected chi connectivity index (χ4v) is 5.74. The Hall–Kier alpha value is -0.860. The van der Waals surface area contributed by atoms with Crippen molar-refractivity contribution in [3.63, 3.8) is 0 Å². The molecule has 3 rings (SSSR count). The molecule has 0 radical (unpaired) electrons. The summed E-state index contributed by atoms with van der Waals surface area (Å²) in [6.07, 6.45) is 4.25. The van der Waals surface area contributed by atoms with Gasteiger partial charge in [-0.1, -0.05) is 58.5 Å². The number of nitrogens with zero attached hydrogens (tertiary/aromatic N) is 1. The number of aryl methyl sites for hydroxylation is 1. The maximum atomic E-state index is 13.3. The van der Waals surface area contributed by atoms with Crippen molar-refractivity contribution in [1.29, 1.82) is 0 Å². The van der Waals surface area contributed by atoms with Gasteiger partial charge in [0, 0.05) is 18.4 Å². The van der Waals surface area contributed by atoms with Crippen molar-refractivity contribution in [2.75, 3.05) is 25.9 Å². The summed E-state index contributed by atoms with van der Waals surface area (Å²) < 4.78 is 25.7. The Morgan fingerprint density at radius 2 is 1.62 bits per heavy atom. The molecule has 1 aliphatic heterocycles. The van der Waals surface area contributed by atoms with Crippen LogP contribution in [0.2, 0.25) is 20.1 Å². The topological polar surface area (TPSA) is 66.5 Å². The Labute approximate surface area is 221 Å². The monoisotopic (exact) mass is 564 g/mol. The van der Waals surface area contributed by atoms with Crippen molar-refractivity contribution in [1.82, 2.24) is 9.62 Å². The van der Waals surface area contributed by atoms with Crippen LogP contribution in [0.1, 0.15) is 42.7 Å². The van der Waals surface area contributed by atoms with E-state index in [2.05, 4.69) is 9.62 Å². The maximum absolute atomic E-state index is 13.3. The van der Waals surface area contributed by atoms with Crippen molar-refractivity contribution in [3.8, 4) is 0 Å². The van der Waals surface area contributed by atoms with E-state index in [1.807, 2.05) is 12.1 Å². The number of piperidine rings is 1. The zero-order valence-electron chi connectivity index (χ0n) is 18.9. The van der Waals surface area contributed by atoms with Gasteiger partial charge in [-0.3, -0.25) is 4.79 Å². The molecule has 10 heteroatoms. The summed E-state index contributed by atoms with van der Waals surface area (Å²) in [5, 5.41) is 1.84. The van der Waals surface area contributed by atoms with Gasteiger partial charge in [0.1, 0.15) is 5.78 Å². The molecule has 34 heavy (non-hydrogen) atoms. The summed E-state index contributed by atoms with van der Waals surface area (Å²) >= 11 is 24.5. The third-order valence-corrected chi connectivity index (χ3v) is 8.32. The van der Waals surface area contributed by atoms with Crippen molar-refractivity contribution in [3.05, 3.63) is 67.6 Å². The SMILES string of the molecule is CS(=O)(=O)NC1CCN(CCC(C(=O)CCc2ccc(Cl)c(Cl)c2)c2ccc(Cl)c(Cl)c2)CC1. The zero-order valence-corrected chi connectivity index (χ0v) is 22.7. The molecule has 1 heterocycles. The van der Waals surface area contributed by atoms with Crippen LogP contribution in [0, 0.1) is 0 Å². The second kappa shape index (κ2) is 12.4. The number of ketones is 1. The highest BCUT2D eigenvalue weighted by Gasteiger charge is 2.25. The normalized spacial score (nSPS) is 16.5. The zero-order chi connectivity index (χ0) is 24.9. The number of carbonyl (C=O) groups excluding carboxylic acids is 1. The Balaban J connectivity index is 1.64. The van der Waals surface area contributed by atoms with Gasteiger partial charge in [0.15, 0.2) is 0 Å². The molecule has 186 valence electrons. The number of carbonyl (C=O) groups is 1. The molecular weight excluding hydrogens is 538 g/mol. The maximum Gasteiger partial charge on any atom is 0.208 e. The molecule has 0 spiro atoms. The van der Waals surface area contributed by atoms with Gasteiger partial charge in [-0.15, -0.1) is 0 Å². The van der Waals surface area contributed by atoms with Crippen molar-refractivity contribution in [2.24, 2.45) is 0 Å². The fourth-order valence-electron chi connectivity index (χ4n) is 4.27. The minimum atomic E-state index is -3.21. The van der Waals surface area contributed by atoms with Crippen LogP contribution in [0.15, 0.2) is 36.4 Å². The minimum Gasteiger partial charge on any atom is -0.303 e. The molecule has 1 unspecified atom stereocenters. The first kappa shape index (κ1) is 27.7. The summed E-state index contributed by atoms with van der Waals surface area (Å²) in [5.41, 5.74) is 1.80. The molecule has 1 aliphatic rings. The van der Waals surface area contributed by atoms with Crippen molar-refractivity contribution < 1.29 is 13.2 Å². The van der Waals surface area contributed by atoms with E-state index >= 15 is 0 Å². The third kappa shape index (κ3) is 8.37. The van der Waals surface area contributed by atoms with Gasteiger partial charge in [0.05, 0.1) is 26.3 Å². The van der Waals surface area contributed by atoms with E-state index in [0.717, 1.165) is 43.6 Å². The first-order valence-corrected chi connectivity index (χ1v) is 14.5. The summed E-state index contributed by atoms with van der Waals surface area (Å²) in [7, 11) is -3.21. The average molecular weight is 566 g/mol. The average Bonchev–Trinajstić information content (AvgIpc) is 2.77. The van der Waals surface area contributed by atoms with E-state index in [4.69, 9.17) is 46.4 Å². The molecule has 1 atom stereocenters. The van der Waals surface area contributed by atoms with Crippen LogP contribution in [-0.2, 0) is 21.2 Å². The van der Waals surface area contributed by atoms with Crippen LogP contribution in [0.4, 0.5) is 0 Å². The van der Waals surface area contributed by atoms with Gasteiger partial charge >= 0.3 is 0 Å². The number of Topliss-reactive ketones (excluding diaryl/α,β-unsaturated/α-hetero) is 1. The quantitative estimate of drug-likeness (QED) is 0.384. The van der Waals surface area contributed by atoms with Gasteiger partial charge in [0.2, 0.25) is 10.0 Å². The lowest BCUT2D eigenvalue weighted by Gasteiger charge is -2.32. The molecule has 2 aromatic rings. The van der Waals surface area contributed by atoms with Crippen molar-refractivity contribution >= 4 is 62.2 Å². The minimum absolute atomic E-state index is 0.0371. The highest BCUT2D eigenvalue weighted by Crippen LogP contribution is 2.31. The summed E-state index contributed by atoms with van der Waals surface area (Å²) in [6, 6.07) is 10.7. The lowest BCUT2D eigenvalue weighted by molar-refractivity contribution is -0.120. The second-order valence-corrected chi connectivity index (χ2v) is 12.1. The van der Waals surface area contributed by atoms with E-state index in [-0.39, 0.29) is 17.7 Å². The number of halogens is 4. The molecule has 0 aliphatic carbocycles. The van der Waals surface area contributed by atoms with Gasteiger partial charge in [0.25, 0.3) is 0 Å². The predicted octanol–water partition coefficient (Wildman–Crippen LogP) is 5.99. The van der Waals surface area contributed by atoms with Crippen LogP contribution < -0.4 is 4.72 Å². The third-order valence-electron chi connectivity index (χ3n) is 6.08. The number of likely N-dealkylation sites (tertiary alicyclic amines) is 1. The molecule has 0 aromatic heterocycles. The van der Waals surface area contributed by atoms with Gasteiger partial charge in [-0.25, -0.2) is 13.1 Å². The number of sulfonamides is 1. The second-order valence-electron chi connectivity index (χ2n) is 8.74. The molecule has 2 aromatic carbocycles.